The molecule has 0 amide bonds. The number of hydrogen-bond acceptors (Lipinski definition) is 4. The van der Waals surface area contributed by atoms with E-state index in [9.17, 15) is 0 Å². The zero-order valence-corrected chi connectivity index (χ0v) is 17.5. The van der Waals surface area contributed by atoms with Gasteiger partial charge in [-0.2, -0.15) is 5.10 Å². The molecule has 0 aromatic carbocycles. The summed E-state index contributed by atoms with van der Waals surface area (Å²) in [7, 11) is 0. The maximum absolute atomic E-state index is 6.36. The summed E-state index contributed by atoms with van der Waals surface area (Å²) in [5.74, 6) is 0. The van der Waals surface area contributed by atoms with Crippen LogP contribution >= 0.6 is 0 Å². The Morgan fingerprint density at radius 2 is 2.00 bits per heavy atom. The lowest BCUT2D eigenvalue weighted by molar-refractivity contribution is -0.104. The molecule has 29 heavy (non-hydrogen) atoms. The molecule has 156 valence electrons. The van der Waals surface area contributed by atoms with E-state index in [4.69, 9.17) is 14.8 Å². The number of nitrogens with zero attached hydrogens (tertiary/aromatic N) is 3. The van der Waals surface area contributed by atoms with Crippen molar-refractivity contribution in [3.63, 3.8) is 0 Å². The van der Waals surface area contributed by atoms with Crippen molar-refractivity contribution < 1.29 is 4.74 Å². The van der Waals surface area contributed by atoms with Gasteiger partial charge in [0.25, 0.3) is 0 Å². The minimum absolute atomic E-state index is 0.0946. The molecule has 3 aliphatic rings. The molecule has 2 aliphatic carbocycles. The third-order valence-electron chi connectivity index (χ3n) is 7.57. The summed E-state index contributed by atoms with van der Waals surface area (Å²) in [5.41, 5.74) is 2.63. The van der Waals surface area contributed by atoms with Crippen molar-refractivity contribution in [2.45, 2.75) is 87.8 Å². The molecule has 2 saturated carbocycles. The van der Waals surface area contributed by atoms with E-state index in [-0.39, 0.29) is 11.0 Å². The van der Waals surface area contributed by atoms with Gasteiger partial charge in [0.05, 0.1) is 17.3 Å². The number of pyridine rings is 1. The summed E-state index contributed by atoms with van der Waals surface area (Å²) < 4.78 is 8.52. The number of ether oxygens (including phenoxy) is 1. The minimum atomic E-state index is 0.0946. The maximum Gasteiger partial charge on any atom is 0.0762 e. The van der Waals surface area contributed by atoms with Gasteiger partial charge >= 0.3 is 0 Å². The van der Waals surface area contributed by atoms with Gasteiger partial charge in [0.1, 0.15) is 0 Å². The van der Waals surface area contributed by atoms with Crippen molar-refractivity contribution in [1.82, 2.24) is 20.1 Å². The molecule has 2 aromatic rings. The van der Waals surface area contributed by atoms with Crippen molar-refractivity contribution in [2.24, 2.45) is 0 Å². The van der Waals surface area contributed by atoms with Crippen molar-refractivity contribution in [1.29, 1.82) is 0 Å². The summed E-state index contributed by atoms with van der Waals surface area (Å²) in [6.07, 6.45) is 16.4. The lowest BCUT2D eigenvalue weighted by Gasteiger charge is -2.46. The van der Waals surface area contributed by atoms with E-state index in [0.717, 1.165) is 44.7 Å². The zero-order chi connectivity index (χ0) is 19.6. The summed E-state index contributed by atoms with van der Waals surface area (Å²) in [4.78, 5) is 4.81. The molecular formula is C24H34N4O. The lowest BCUT2D eigenvalue weighted by atomic mass is 9.68. The van der Waals surface area contributed by atoms with E-state index >= 15 is 0 Å². The average Bonchev–Trinajstić information content (AvgIpc) is 3.35. The molecule has 2 aromatic heterocycles. The van der Waals surface area contributed by atoms with E-state index < -0.39 is 0 Å². The van der Waals surface area contributed by atoms with Gasteiger partial charge in [0.2, 0.25) is 0 Å². The second kappa shape index (κ2) is 8.19. The largest absolute Gasteiger partial charge is 0.375 e. The molecule has 0 unspecified atom stereocenters. The standard InChI is InChI=1S/C24H34N4O/c1-4-14-26-22(8-1)23(13-17-29-24(19-23)10-2-3-11-24)12-15-25-18-20-9-16-28(27-20)21-6-5-7-21/h1,4,8-9,14,16,21,25H,2-3,5-7,10-13,15,17-19H2/t23-/m1/s1. The Morgan fingerprint density at radius 3 is 2.76 bits per heavy atom. The SMILES string of the molecule is c1ccc([C@]2(CCNCc3ccn(C4CCC4)n3)CCOC3(CCCC3)C2)nc1. The molecule has 5 rings (SSSR count). The first-order chi connectivity index (χ1) is 14.3. The monoisotopic (exact) mass is 394 g/mol. The van der Waals surface area contributed by atoms with E-state index in [2.05, 4.69) is 34.4 Å². The fourth-order valence-corrected chi connectivity index (χ4v) is 5.67. The molecule has 1 saturated heterocycles. The molecule has 5 heteroatoms. The number of rotatable bonds is 7. The highest BCUT2D eigenvalue weighted by Crippen LogP contribution is 2.49. The van der Waals surface area contributed by atoms with Crippen LogP contribution in [0.15, 0.2) is 36.7 Å². The highest BCUT2D eigenvalue weighted by atomic mass is 16.5. The zero-order valence-electron chi connectivity index (χ0n) is 17.5. The molecule has 3 fully saturated rings. The van der Waals surface area contributed by atoms with Gasteiger partial charge < -0.3 is 10.1 Å². The van der Waals surface area contributed by atoms with E-state index in [1.54, 1.807) is 0 Å². The first kappa shape index (κ1) is 19.3. The van der Waals surface area contributed by atoms with Gasteiger partial charge in [-0.1, -0.05) is 18.9 Å². The quantitative estimate of drug-likeness (QED) is 0.700. The molecular weight excluding hydrogens is 360 g/mol. The minimum Gasteiger partial charge on any atom is -0.375 e. The highest BCUT2D eigenvalue weighted by molar-refractivity contribution is 5.20. The van der Waals surface area contributed by atoms with Crippen LogP contribution in [-0.2, 0) is 16.7 Å². The Kier molecular flexibility index (Phi) is 5.44. The van der Waals surface area contributed by atoms with Crippen molar-refractivity contribution in [3.05, 3.63) is 48.0 Å². The average molecular weight is 395 g/mol. The van der Waals surface area contributed by atoms with Gasteiger partial charge in [-0.15, -0.1) is 0 Å². The third-order valence-corrected chi connectivity index (χ3v) is 7.57. The third kappa shape index (κ3) is 3.99. The molecule has 1 atom stereocenters. The van der Waals surface area contributed by atoms with Crippen LogP contribution < -0.4 is 5.32 Å². The second-order valence-electron chi connectivity index (χ2n) is 9.46. The number of hydrogen-bond donors (Lipinski definition) is 1. The highest BCUT2D eigenvalue weighted by Gasteiger charge is 2.48. The van der Waals surface area contributed by atoms with Crippen LogP contribution in [0.5, 0.6) is 0 Å². The lowest BCUT2D eigenvalue weighted by Crippen LogP contribution is -2.47. The van der Waals surface area contributed by atoms with Crippen LogP contribution in [0, 0.1) is 0 Å². The Morgan fingerprint density at radius 1 is 1.10 bits per heavy atom. The van der Waals surface area contributed by atoms with Crippen LogP contribution in [0.4, 0.5) is 0 Å². The Bertz CT molecular complexity index is 794. The number of nitrogens with one attached hydrogen (secondary N) is 1. The number of aromatic nitrogens is 3. The second-order valence-corrected chi connectivity index (χ2v) is 9.46. The summed E-state index contributed by atoms with van der Waals surface area (Å²) in [6, 6.07) is 9.21. The molecule has 3 heterocycles. The first-order valence-electron chi connectivity index (χ1n) is 11.6. The van der Waals surface area contributed by atoms with Crippen LogP contribution in [-0.4, -0.2) is 33.5 Å². The molecule has 1 spiro atoms. The smallest absolute Gasteiger partial charge is 0.0762 e. The fraction of sp³-hybridized carbons (Fsp3) is 0.667. The van der Waals surface area contributed by atoms with Crippen LogP contribution in [0.2, 0.25) is 0 Å². The molecule has 5 nitrogen and oxygen atoms in total. The van der Waals surface area contributed by atoms with Crippen LogP contribution in [0.1, 0.15) is 81.6 Å². The predicted octanol–water partition coefficient (Wildman–Crippen LogP) is 4.54. The van der Waals surface area contributed by atoms with E-state index in [1.165, 1.54) is 50.6 Å². The summed E-state index contributed by atoms with van der Waals surface area (Å²) in [5, 5.41) is 8.44. The van der Waals surface area contributed by atoms with Gasteiger partial charge in [-0.3, -0.25) is 9.67 Å². The molecule has 0 bridgehead atoms. The van der Waals surface area contributed by atoms with E-state index in [0.29, 0.717) is 6.04 Å². The van der Waals surface area contributed by atoms with Crippen molar-refractivity contribution >= 4 is 0 Å². The summed E-state index contributed by atoms with van der Waals surface area (Å²) >= 11 is 0. The Labute approximate surface area is 174 Å². The normalized spacial score (nSPS) is 26.6. The first-order valence-corrected chi connectivity index (χ1v) is 11.6. The Hall–Kier alpha value is -1.72. The van der Waals surface area contributed by atoms with Crippen molar-refractivity contribution in [2.75, 3.05) is 13.2 Å². The van der Waals surface area contributed by atoms with E-state index in [1.807, 2.05) is 12.3 Å². The maximum atomic E-state index is 6.36. The molecule has 1 N–H and O–H groups in total. The predicted molar refractivity (Wildman–Crippen MR) is 114 cm³/mol. The van der Waals surface area contributed by atoms with Crippen LogP contribution in [0.3, 0.4) is 0 Å². The molecule has 1 aliphatic heterocycles. The molecule has 0 radical (unpaired) electrons. The van der Waals surface area contributed by atoms with Gasteiger partial charge in [-0.25, -0.2) is 0 Å². The van der Waals surface area contributed by atoms with Crippen molar-refractivity contribution in [3.8, 4) is 0 Å². The van der Waals surface area contributed by atoms with Crippen LogP contribution in [0.25, 0.3) is 0 Å². The summed E-state index contributed by atoms with van der Waals surface area (Å²) in [6.45, 7) is 2.70. The topological polar surface area (TPSA) is 52.0 Å². The van der Waals surface area contributed by atoms with Gasteiger partial charge in [0, 0.05) is 36.7 Å². The van der Waals surface area contributed by atoms with Gasteiger partial charge in [-0.05, 0) is 76.1 Å². The van der Waals surface area contributed by atoms with Gasteiger partial charge in [0.15, 0.2) is 0 Å². The Balaban J connectivity index is 1.23. The fourth-order valence-electron chi connectivity index (χ4n) is 5.67.